The zero-order valence-corrected chi connectivity index (χ0v) is 13.1. The predicted octanol–water partition coefficient (Wildman–Crippen LogP) is 1.73. The monoisotopic (exact) mass is 317 g/mol. The van der Waals surface area contributed by atoms with E-state index in [4.69, 9.17) is 14.0 Å². The van der Waals surface area contributed by atoms with Gasteiger partial charge < -0.3 is 24.6 Å². The van der Waals surface area contributed by atoms with Crippen molar-refractivity contribution in [3.8, 4) is 11.5 Å². The van der Waals surface area contributed by atoms with Crippen LogP contribution >= 0.6 is 0 Å². The molecule has 2 heterocycles. The Kier molecular flexibility index (Phi) is 4.60. The minimum atomic E-state index is 0.418. The largest absolute Gasteiger partial charge is 0.490 e. The summed E-state index contributed by atoms with van der Waals surface area (Å²) in [5, 5.41) is 10.1. The summed E-state index contributed by atoms with van der Waals surface area (Å²) < 4.78 is 16.2. The fourth-order valence-electron chi connectivity index (χ4n) is 2.13. The van der Waals surface area contributed by atoms with Crippen molar-refractivity contribution in [1.82, 2.24) is 15.5 Å². The van der Waals surface area contributed by atoms with Gasteiger partial charge in [-0.05, 0) is 12.1 Å². The summed E-state index contributed by atoms with van der Waals surface area (Å²) >= 11 is 0. The standard InChI is InChI=1S/C15H19N5O3/c1-10-18-14(20-23-10)9-17-15(16-2)19-11-4-5-12-13(8-11)22-7-3-6-21-12/h4-5,8H,3,6-7,9H2,1-2H3,(H2,16,17,19). The smallest absolute Gasteiger partial charge is 0.223 e. The van der Waals surface area contributed by atoms with Gasteiger partial charge in [0.2, 0.25) is 5.89 Å². The number of hydrogen-bond acceptors (Lipinski definition) is 6. The van der Waals surface area contributed by atoms with Crippen LogP contribution in [0.1, 0.15) is 18.1 Å². The third-order valence-corrected chi connectivity index (χ3v) is 3.22. The third-order valence-electron chi connectivity index (χ3n) is 3.22. The first-order valence-electron chi connectivity index (χ1n) is 7.41. The molecule has 0 aliphatic carbocycles. The molecule has 0 amide bonds. The van der Waals surface area contributed by atoms with Crippen molar-refractivity contribution in [2.24, 2.45) is 4.99 Å². The molecule has 3 rings (SSSR count). The fourth-order valence-corrected chi connectivity index (χ4v) is 2.13. The number of aromatic nitrogens is 2. The first kappa shape index (κ1) is 15.1. The number of nitrogens with zero attached hydrogens (tertiary/aromatic N) is 3. The van der Waals surface area contributed by atoms with Crippen molar-refractivity contribution in [2.45, 2.75) is 19.9 Å². The van der Waals surface area contributed by atoms with Crippen LogP contribution < -0.4 is 20.1 Å². The molecule has 0 saturated heterocycles. The highest BCUT2D eigenvalue weighted by Crippen LogP contribution is 2.32. The molecule has 0 atom stereocenters. The minimum Gasteiger partial charge on any atom is -0.490 e. The van der Waals surface area contributed by atoms with E-state index >= 15 is 0 Å². The summed E-state index contributed by atoms with van der Waals surface area (Å²) in [5.41, 5.74) is 0.853. The molecule has 0 bridgehead atoms. The van der Waals surface area contributed by atoms with Gasteiger partial charge in [-0.3, -0.25) is 4.99 Å². The first-order valence-corrected chi connectivity index (χ1v) is 7.41. The van der Waals surface area contributed by atoms with E-state index < -0.39 is 0 Å². The maximum absolute atomic E-state index is 5.68. The molecule has 0 radical (unpaired) electrons. The molecular weight excluding hydrogens is 298 g/mol. The first-order chi connectivity index (χ1) is 11.2. The molecule has 0 saturated carbocycles. The maximum Gasteiger partial charge on any atom is 0.223 e. The Labute approximate surface area is 133 Å². The maximum atomic E-state index is 5.68. The highest BCUT2D eigenvalue weighted by atomic mass is 16.5. The fraction of sp³-hybridized carbons (Fsp3) is 0.400. The molecule has 1 aromatic heterocycles. The van der Waals surface area contributed by atoms with Gasteiger partial charge in [0, 0.05) is 32.1 Å². The molecule has 1 aliphatic rings. The van der Waals surface area contributed by atoms with Crippen LogP contribution in [0.5, 0.6) is 11.5 Å². The summed E-state index contributed by atoms with van der Waals surface area (Å²) in [6.45, 7) is 3.50. The lowest BCUT2D eigenvalue weighted by atomic mass is 10.3. The number of fused-ring (bicyclic) bond motifs is 1. The quantitative estimate of drug-likeness (QED) is 0.657. The Bertz CT molecular complexity index is 698. The lowest BCUT2D eigenvalue weighted by Crippen LogP contribution is -2.30. The molecule has 8 heteroatoms. The van der Waals surface area contributed by atoms with Crippen LogP contribution in [-0.4, -0.2) is 36.4 Å². The molecule has 0 spiro atoms. The van der Waals surface area contributed by atoms with Gasteiger partial charge in [-0.1, -0.05) is 5.16 Å². The van der Waals surface area contributed by atoms with Crippen molar-refractivity contribution in [2.75, 3.05) is 25.6 Å². The lowest BCUT2D eigenvalue weighted by molar-refractivity contribution is 0.297. The Balaban J connectivity index is 1.63. The predicted molar refractivity (Wildman–Crippen MR) is 84.9 cm³/mol. The van der Waals surface area contributed by atoms with Gasteiger partial charge in [0.25, 0.3) is 0 Å². The van der Waals surface area contributed by atoms with Crippen molar-refractivity contribution >= 4 is 11.6 Å². The van der Waals surface area contributed by atoms with Gasteiger partial charge in [-0.2, -0.15) is 4.98 Å². The van der Waals surface area contributed by atoms with Gasteiger partial charge in [0.05, 0.1) is 19.8 Å². The second-order valence-corrected chi connectivity index (χ2v) is 4.99. The number of nitrogens with one attached hydrogen (secondary N) is 2. The Morgan fingerprint density at radius 3 is 2.83 bits per heavy atom. The van der Waals surface area contributed by atoms with Gasteiger partial charge in [-0.15, -0.1) is 0 Å². The number of benzene rings is 1. The second-order valence-electron chi connectivity index (χ2n) is 4.99. The Hall–Kier alpha value is -2.77. The van der Waals surface area contributed by atoms with Crippen LogP contribution in [0.2, 0.25) is 0 Å². The van der Waals surface area contributed by atoms with E-state index in [1.54, 1.807) is 14.0 Å². The lowest BCUT2D eigenvalue weighted by Gasteiger charge is -2.13. The van der Waals surface area contributed by atoms with E-state index in [0.717, 1.165) is 23.6 Å². The normalized spacial score (nSPS) is 14.3. The van der Waals surface area contributed by atoms with Crippen LogP contribution in [-0.2, 0) is 6.54 Å². The Morgan fingerprint density at radius 1 is 1.26 bits per heavy atom. The molecule has 1 aliphatic heterocycles. The average molecular weight is 317 g/mol. The molecule has 122 valence electrons. The van der Waals surface area contributed by atoms with Crippen LogP contribution in [0.4, 0.5) is 5.69 Å². The molecular formula is C15H19N5O3. The number of aryl methyl sites for hydroxylation is 1. The summed E-state index contributed by atoms with van der Waals surface area (Å²) in [6, 6.07) is 5.70. The molecule has 2 aromatic rings. The topological polar surface area (TPSA) is 93.8 Å². The van der Waals surface area contributed by atoms with Crippen LogP contribution in [0.3, 0.4) is 0 Å². The van der Waals surface area contributed by atoms with Gasteiger partial charge >= 0.3 is 0 Å². The van der Waals surface area contributed by atoms with Crippen LogP contribution in [0.15, 0.2) is 27.7 Å². The number of anilines is 1. The summed E-state index contributed by atoms with van der Waals surface area (Å²) in [7, 11) is 1.69. The van der Waals surface area contributed by atoms with E-state index in [2.05, 4.69) is 25.8 Å². The van der Waals surface area contributed by atoms with Crippen molar-refractivity contribution in [3.63, 3.8) is 0 Å². The molecule has 0 fully saturated rings. The number of ether oxygens (including phenoxy) is 2. The second kappa shape index (κ2) is 6.99. The van der Waals surface area contributed by atoms with E-state index in [9.17, 15) is 0 Å². The van der Waals surface area contributed by atoms with E-state index in [1.807, 2.05) is 18.2 Å². The third kappa shape index (κ3) is 3.91. The van der Waals surface area contributed by atoms with Gasteiger partial charge in [-0.25, -0.2) is 0 Å². The zero-order valence-electron chi connectivity index (χ0n) is 13.1. The number of aliphatic imine (C=N–C) groups is 1. The summed E-state index contributed by atoms with van der Waals surface area (Å²) in [6.07, 6.45) is 0.880. The zero-order chi connectivity index (χ0) is 16.1. The average Bonchev–Trinajstić information content (AvgIpc) is 2.83. The van der Waals surface area contributed by atoms with Gasteiger partial charge in [0.1, 0.15) is 0 Å². The molecule has 23 heavy (non-hydrogen) atoms. The Morgan fingerprint density at radius 2 is 2.09 bits per heavy atom. The highest BCUT2D eigenvalue weighted by Gasteiger charge is 2.11. The van der Waals surface area contributed by atoms with Crippen molar-refractivity contribution in [3.05, 3.63) is 29.9 Å². The molecule has 2 N–H and O–H groups in total. The number of rotatable bonds is 3. The van der Waals surface area contributed by atoms with Crippen molar-refractivity contribution in [1.29, 1.82) is 0 Å². The van der Waals surface area contributed by atoms with E-state index in [0.29, 0.717) is 37.4 Å². The molecule has 8 nitrogen and oxygen atoms in total. The molecule has 0 unspecified atom stereocenters. The van der Waals surface area contributed by atoms with E-state index in [1.165, 1.54) is 0 Å². The summed E-state index contributed by atoms with van der Waals surface area (Å²) in [5.74, 6) is 3.20. The van der Waals surface area contributed by atoms with Gasteiger partial charge in [0.15, 0.2) is 23.3 Å². The van der Waals surface area contributed by atoms with E-state index in [-0.39, 0.29) is 0 Å². The summed E-state index contributed by atoms with van der Waals surface area (Å²) in [4.78, 5) is 8.30. The van der Waals surface area contributed by atoms with Crippen molar-refractivity contribution < 1.29 is 14.0 Å². The minimum absolute atomic E-state index is 0.418. The van der Waals surface area contributed by atoms with Crippen LogP contribution in [0.25, 0.3) is 0 Å². The number of guanidine groups is 1. The molecule has 1 aromatic carbocycles. The highest BCUT2D eigenvalue weighted by molar-refractivity contribution is 5.93. The van der Waals surface area contributed by atoms with Crippen LogP contribution in [0, 0.1) is 6.92 Å². The SMILES string of the molecule is CN=C(NCc1noc(C)n1)Nc1ccc2c(c1)OCCCO2. The number of hydrogen-bond donors (Lipinski definition) is 2.